The predicted octanol–water partition coefficient (Wildman–Crippen LogP) is 2.07. The van der Waals surface area contributed by atoms with Gasteiger partial charge in [0.05, 0.1) is 5.56 Å². The van der Waals surface area contributed by atoms with Crippen LogP contribution in [0.25, 0.3) is 0 Å². The molecule has 0 N–H and O–H groups in total. The van der Waals surface area contributed by atoms with Crippen LogP contribution in [0.5, 0.6) is 0 Å². The van der Waals surface area contributed by atoms with Crippen LogP contribution in [0.1, 0.15) is 5.56 Å². The Labute approximate surface area is 119 Å². The molecule has 0 aliphatic rings. The Bertz CT molecular complexity index is 581. The van der Waals surface area contributed by atoms with E-state index in [1.165, 1.54) is 17.1 Å². The molecule has 114 valence electrons. The van der Waals surface area contributed by atoms with Gasteiger partial charge in [0.25, 0.3) is 5.56 Å². The molecule has 0 radical (unpaired) electrons. The monoisotopic (exact) mass is 300 g/mol. The van der Waals surface area contributed by atoms with Crippen molar-refractivity contribution < 1.29 is 18.0 Å². The molecular formula is C14H15F3N2O2. The van der Waals surface area contributed by atoms with Crippen molar-refractivity contribution in [3.8, 4) is 0 Å². The van der Waals surface area contributed by atoms with Crippen molar-refractivity contribution in [2.45, 2.75) is 12.7 Å². The fourth-order valence-electron chi connectivity index (χ4n) is 1.66. The molecule has 1 amide bonds. The van der Waals surface area contributed by atoms with Gasteiger partial charge in [-0.25, -0.2) is 0 Å². The molecule has 0 spiro atoms. The van der Waals surface area contributed by atoms with Gasteiger partial charge in [0.2, 0.25) is 5.91 Å². The summed E-state index contributed by atoms with van der Waals surface area (Å²) in [7, 11) is 0. The Hall–Kier alpha value is -2.31. The Morgan fingerprint density at radius 2 is 1.81 bits per heavy atom. The summed E-state index contributed by atoms with van der Waals surface area (Å²) < 4.78 is 38.5. The fourth-order valence-corrected chi connectivity index (χ4v) is 1.66. The van der Waals surface area contributed by atoms with Gasteiger partial charge in [-0.3, -0.25) is 9.59 Å². The molecule has 1 heterocycles. The average Bonchev–Trinajstić information content (AvgIpc) is 2.39. The van der Waals surface area contributed by atoms with Gasteiger partial charge in [-0.1, -0.05) is 12.2 Å². The Morgan fingerprint density at radius 3 is 2.29 bits per heavy atom. The third kappa shape index (κ3) is 4.62. The molecule has 1 aromatic heterocycles. The zero-order valence-corrected chi connectivity index (χ0v) is 11.3. The van der Waals surface area contributed by atoms with Crippen LogP contribution in [0.15, 0.2) is 48.4 Å². The van der Waals surface area contributed by atoms with Crippen LogP contribution in [0.4, 0.5) is 13.2 Å². The smallest absolute Gasteiger partial charge is 0.334 e. The lowest BCUT2D eigenvalue weighted by Crippen LogP contribution is -2.36. The minimum Gasteiger partial charge on any atom is -0.334 e. The highest BCUT2D eigenvalue weighted by Crippen LogP contribution is 2.27. The predicted molar refractivity (Wildman–Crippen MR) is 72.7 cm³/mol. The van der Waals surface area contributed by atoms with Gasteiger partial charge in [-0.05, 0) is 6.07 Å². The quantitative estimate of drug-likeness (QED) is 0.755. The maximum Gasteiger partial charge on any atom is 0.417 e. The number of hydrogen-bond acceptors (Lipinski definition) is 2. The second-order valence-electron chi connectivity index (χ2n) is 4.26. The average molecular weight is 300 g/mol. The molecular weight excluding hydrogens is 285 g/mol. The molecule has 21 heavy (non-hydrogen) atoms. The van der Waals surface area contributed by atoms with E-state index in [1.807, 2.05) is 0 Å². The molecule has 4 nitrogen and oxygen atoms in total. The van der Waals surface area contributed by atoms with E-state index in [4.69, 9.17) is 0 Å². The van der Waals surface area contributed by atoms with E-state index in [9.17, 15) is 22.8 Å². The third-order valence-corrected chi connectivity index (χ3v) is 2.67. The third-order valence-electron chi connectivity index (χ3n) is 2.67. The van der Waals surface area contributed by atoms with Crippen molar-refractivity contribution in [3.05, 3.63) is 59.6 Å². The Morgan fingerprint density at radius 1 is 1.24 bits per heavy atom. The first-order valence-corrected chi connectivity index (χ1v) is 6.07. The molecule has 0 saturated heterocycles. The summed E-state index contributed by atoms with van der Waals surface area (Å²) in [5, 5.41) is 0. The number of pyridine rings is 1. The van der Waals surface area contributed by atoms with Crippen LogP contribution in [-0.4, -0.2) is 28.5 Å². The van der Waals surface area contributed by atoms with E-state index >= 15 is 0 Å². The topological polar surface area (TPSA) is 42.3 Å². The van der Waals surface area contributed by atoms with Gasteiger partial charge in [0.15, 0.2) is 0 Å². The van der Waals surface area contributed by atoms with Crippen LogP contribution in [-0.2, 0) is 17.5 Å². The summed E-state index contributed by atoms with van der Waals surface area (Å²) in [6, 6.07) is 1.48. The molecule has 7 heteroatoms. The second-order valence-corrected chi connectivity index (χ2v) is 4.26. The molecule has 0 aromatic carbocycles. The van der Waals surface area contributed by atoms with E-state index < -0.39 is 29.8 Å². The molecule has 0 atom stereocenters. The SMILES string of the molecule is C=CCN(CC=C)C(=O)Cn1cc(C(F)(F)F)ccc1=O. The lowest BCUT2D eigenvalue weighted by Gasteiger charge is -2.20. The van der Waals surface area contributed by atoms with E-state index in [0.717, 1.165) is 10.6 Å². The molecule has 1 aromatic rings. The molecule has 0 bridgehead atoms. The van der Waals surface area contributed by atoms with Crippen LogP contribution < -0.4 is 5.56 Å². The number of halogens is 3. The van der Waals surface area contributed by atoms with Crippen LogP contribution in [0.2, 0.25) is 0 Å². The Balaban J connectivity index is 3.00. The number of amides is 1. The van der Waals surface area contributed by atoms with Crippen molar-refractivity contribution in [1.82, 2.24) is 9.47 Å². The van der Waals surface area contributed by atoms with Gasteiger partial charge in [-0.2, -0.15) is 13.2 Å². The van der Waals surface area contributed by atoms with Crippen LogP contribution >= 0.6 is 0 Å². The van der Waals surface area contributed by atoms with Crippen molar-refractivity contribution in [1.29, 1.82) is 0 Å². The molecule has 0 aliphatic carbocycles. The highest BCUT2D eigenvalue weighted by Gasteiger charge is 2.31. The van der Waals surface area contributed by atoms with Crippen LogP contribution in [0, 0.1) is 0 Å². The number of alkyl halides is 3. The van der Waals surface area contributed by atoms with E-state index in [-0.39, 0.29) is 13.1 Å². The van der Waals surface area contributed by atoms with Gasteiger partial charge >= 0.3 is 6.18 Å². The number of hydrogen-bond donors (Lipinski definition) is 0. The maximum atomic E-state index is 12.6. The van der Waals surface area contributed by atoms with Gasteiger partial charge in [0.1, 0.15) is 6.54 Å². The van der Waals surface area contributed by atoms with Crippen molar-refractivity contribution in [2.24, 2.45) is 0 Å². The van der Waals surface area contributed by atoms with E-state index in [0.29, 0.717) is 12.3 Å². The van der Waals surface area contributed by atoms with Crippen LogP contribution in [0.3, 0.4) is 0 Å². The maximum absolute atomic E-state index is 12.6. The highest BCUT2D eigenvalue weighted by molar-refractivity contribution is 5.76. The van der Waals surface area contributed by atoms with Crippen molar-refractivity contribution in [2.75, 3.05) is 13.1 Å². The number of carbonyl (C=O) groups excluding carboxylic acids is 1. The van der Waals surface area contributed by atoms with E-state index in [1.54, 1.807) is 0 Å². The molecule has 1 rings (SSSR count). The van der Waals surface area contributed by atoms with Gasteiger partial charge < -0.3 is 9.47 Å². The lowest BCUT2D eigenvalue weighted by atomic mass is 10.2. The fraction of sp³-hybridized carbons (Fsp3) is 0.286. The largest absolute Gasteiger partial charge is 0.417 e. The Kier molecular flexibility index (Phi) is 5.52. The number of aromatic nitrogens is 1. The minimum absolute atomic E-state index is 0.221. The molecule has 0 fully saturated rings. The normalized spacial score (nSPS) is 11.0. The minimum atomic E-state index is -4.57. The molecule has 0 aliphatic heterocycles. The zero-order chi connectivity index (χ0) is 16.0. The summed E-state index contributed by atoms with van der Waals surface area (Å²) in [6.45, 7) is 6.96. The first-order chi connectivity index (χ1) is 9.79. The molecule has 0 saturated carbocycles. The van der Waals surface area contributed by atoms with Gasteiger partial charge in [-0.15, -0.1) is 13.2 Å². The summed E-state index contributed by atoms with van der Waals surface area (Å²) in [4.78, 5) is 24.9. The van der Waals surface area contributed by atoms with E-state index in [2.05, 4.69) is 13.2 Å². The standard InChI is InChI=1S/C14H15F3N2O2/c1-3-7-18(8-4-2)13(21)10-19-9-11(14(15,16)17)5-6-12(19)20/h3-6,9H,1-2,7-8,10H2. The van der Waals surface area contributed by atoms with Gasteiger partial charge in [0, 0.05) is 25.4 Å². The van der Waals surface area contributed by atoms with Crippen molar-refractivity contribution >= 4 is 5.91 Å². The number of carbonyl (C=O) groups is 1. The van der Waals surface area contributed by atoms with Crippen molar-refractivity contribution in [3.63, 3.8) is 0 Å². The summed E-state index contributed by atoms with van der Waals surface area (Å²) in [5.41, 5.74) is -1.65. The first kappa shape index (κ1) is 16.7. The zero-order valence-electron chi connectivity index (χ0n) is 11.3. The summed E-state index contributed by atoms with van der Waals surface area (Å²) in [6.07, 6.45) is -0.965. The second kappa shape index (κ2) is 6.92. The first-order valence-electron chi connectivity index (χ1n) is 6.07. The summed E-state index contributed by atoms with van der Waals surface area (Å²) in [5.74, 6) is -0.490. The number of nitrogens with zero attached hydrogens (tertiary/aromatic N) is 2. The number of rotatable bonds is 6. The lowest BCUT2D eigenvalue weighted by molar-refractivity contribution is -0.138. The molecule has 0 unspecified atom stereocenters. The highest BCUT2D eigenvalue weighted by atomic mass is 19.4. The summed E-state index contributed by atoms with van der Waals surface area (Å²) >= 11 is 0.